The molecule has 6 nitrogen and oxygen atoms in total. The van der Waals surface area contributed by atoms with Crippen molar-refractivity contribution in [1.29, 1.82) is 0 Å². The van der Waals surface area contributed by atoms with Crippen LogP contribution in [0.3, 0.4) is 0 Å². The number of anilines is 1. The highest BCUT2D eigenvalue weighted by Crippen LogP contribution is 2.28. The molecule has 1 atom stereocenters. The first-order valence-electron chi connectivity index (χ1n) is 8.92. The molecule has 1 aromatic heterocycles. The summed E-state index contributed by atoms with van der Waals surface area (Å²) in [6, 6.07) is 14.8. The standard InChI is InChI=1S/C21H23ClN4O2/c1-25(2)19(15-13-26(3)18-11-7-4-8-14(15)18)12-23-20(27)21(28)24-17-10-6-5-9-16(17)22/h4-11,13,19H,12H2,1-3H3,(H,23,27)(H,24,28). The molecule has 0 saturated carbocycles. The molecule has 0 aliphatic rings. The Morgan fingerprint density at radius 2 is 1.75 bits per heavy atom. The zero-order valence-electron chi connectivity index (χ0n) is 16.1. The quantitative estimate of drug-likeness (QED) is 0.648. The Morgan fingerprint density at radius 1 is 1.07 bits per heavy atom. The van der Waals surface area contributed by atoms with Gasteiger partial charge >= 0.3 is 11.8 Å². The molecule has 0 aliphatic heterocycles. The highest BCUT2D eigenvalue weighted by molar-refractivity contribution is 6.41. The lowest BCUT2D eigenvalue weighted by Gasteiger charge is -2.24. The van der Waals surface area contributed by atoms with E-state index in [1.807, 2.05) is 38.2 Å². The molecule has 0 saturated heterocycles. The maximum atomic E-state index is 12.3. The third-order valence-corrected chi connectivity index (χ3v) is 5.02. The number of carbonyl (C=O) groups excluding carboxylic acids is 2. The fourth-order valence-electron chi connectivity index (χ4n) is 3.22. The van der Waals surface area contributed by atoms with Crippen LogP contribution >= 0.6 is 11.6 Å². The van der Waals surface area contributed by atoms with Gasteiger partial charge in [-0.2, -0.15) is 0 Å². The summed E-state index contributed by atoms with van der Waals surface area (Å²) in [7, 11) is 5.89. The van der Waals surface area contributed by atoms with Crippen LogP contribution in [0.5, 0.6) is 0 Å². The highest BCUT2D eigenvalue weighted by Gasteiger charge is 2.22. The molecule has 0 bridgehead atoms. The van der Waals surface area contributed by atoms with Crippen LogP contribution in [0.25, 0.3) is 10.9 Å². The molecule has 1 heterocycles. The van der Waals surface area contributed by atoms with Crippen molar-refractivity contribution in [3.63, 3.8) is 0 Å². The summed E-state index contributed by atoms with van der Waals surface area (Å²) in [6.45, 7) is 0.301. The van der Waals surface area contributed by atoms with Crippen LogP contribution in [0.1, 0.15) is 11.6 Å². The van der Waals surface area contributed by atoms with Crippen molar-refractivity contribution in [2.45, 2.75) is 6.04 Å². The predicted molar refractivity (Wildman–Crippen MR) is 112 cm³/mol. The minimum atomic E-state index is -0.747. The van der Waals surface area contributed by atoms with Crippen molar-refractivity contribution in [3.05, 3.63) is 65.3 Å². The fourth-order valence-corrected chi connectivity index (χ4v) is 3.40. The zero-order chi connectivity index (χ0) is 20.3. The number of nitrogens with zero attached hydrogens (tertiary/aromatic N) is 2. The first-order valence-corrected chi connectivity index (χ1v) is 9.30. The summed E-state index contributed by atoms with van der Waals surface area (Å²) in [6.07, 6.45) is 2.06. The number of amides is 2. The second-order valence-electron chi connectivity index (χ2n) is 6.84. The van der Waals surface area contributed by atoms with Gasteiger partial charge in [0.2, 0.25) is 0 Å². The van der Waals surface area contributed by atoms with Crippen LogP contribution in [0.2, 0.25) is 5.02 Å². The highest BCUT2D eigenvalue weighted by atomic mass is 35.5. The van der Waals surface area contributed by atoms with Crippen LogP contribution in [-0.2, 0) is 16.6 Å². The predicted octanol–water partition coefficient (Wildman–Crippen LogP) is 3.19. The lowest BCUT2D eigenvalue weighted by Crippen LogP contribution is -2.40. The van der Waals surface area contributed by atoms with Crippen molar-refractivity contribution in [1.82, 2.24) is 14.8 Å². The van der Waals surface area contributed by atoms with Crippen LogP contribution in [0.15, 0.2) is 54.7 Å². The van der Waals surface area contributed by atoms with Crippen molar-refractivity contribution >= 4 is 40.0 Å². The van der Waals surface area contributed by atoms with E-state index < -0.39 is 11.8 Å². The van der Waals surface area contributed by atoms with Gasteiger partial charge in [0.1, 0.15) is 0 Å². The molecule has 0 spiro atoms. The number of aryl methyl sites for hydroxylation is 1. The zero-order valence-corrected chi connectivity index (χ0v) is 16.8. The lowest BCUT2D eigenvalue weighted by atomic mass is 10.0. The summed E-state index contributed by atoms with van der Waals surface area (Å²) >= 11 is 6.02. The number of halogens is 1. The van der Waals surface area contributed by atoms with Gasteiger partial charge in [-0.1, -0.05) is 41.9 Å². The van der Waals surface area contributed by atoms with Crippen molar-refractivity contribution in [2.75, 3.05) is 26.0 Å². The minimum absolute atomic E-state index is 0.0804. The topological polar surface area (TPSA) is 66.4 Å². The summed E-state index contributed by atoms with van der Waals surface area (Å²) in [5, 5.41) is 6.77. The number of benzene rings is 2. The molecule has 3 aromatic rings. The Bertz CT molecular complexity index is 1010. The van der Waals surface area contributed by atoms with E-state index in [4.69, 9.17) is 11.6 Å². The SMILES string of the molecule is CN(C)C(CNC(=O)C(=O)Nc1ccccc1Cl)c1cn(C)c2ccccc12. The second-order valence-corrected chi connectivity index (χ2v) is 7.24. The molecule has 7 heteroatoms. The van der Waals surface area contributed by atoms with Gasteiger partial charge in [0.25, 0.3) is 0 Å². The van der Waals surface area contributed by atoms with E-state index in [9.17, 15) is 9.59 Å². The minimum Gasteiger partial charge on any atom is -0.350 e. The van der Waals surface area contributed by atoms with Crippen LogP contribution in [0.4, 0.5) is 5.69 Å². The van der Waals surface area contributed by atoms with Gasteiger partial charge in [-0.05, 0) is 37.9 Å². The van der Waals surface area contributed by atoms with E-state index in [1.165, 1.54) is 0 Å². The maximum Gasteiger partial charge on any atom is 0.313 e. The van der Waals surface area contributed by atoms with Gasteiger partial charge in [-0.25, -0.2) is 0 Å². The molecular formula is C21H23ClN4O2. The molecule has 2 N–H and O–H groups in total. The summed E-state index contributed by atoms with van der Waals surface area (Å²) < 4.78 is 2.06. The molecule has 0 aliphatic carbocycles. The van der Waals surface area contributed by atoms with Crippen LogP contribution < -0.4 is 10.6 Å². The number of fused-ring (bicyclic) bond motifs is 1. The van der Waals surface area contributed by atoms with E-state index in [-0.39, 0.29) is 6.04 Å². The Labute approximate surface area is 169 Å². The van der Waals surface area contributed by atoms with Gasteiger partial charge in [0.15, 0.2) is 0 Å². The van der Waals surface area contributed by atoms with Gasteiger partial charge in [0.05, 0.1) is 16.8 Å². The van der Waals surface area contributed by atoms with Crippen molar-refractivity contribution in [2.24, 2.45) is 7.05 Å². The third-order valence-electron chi connectivity index (χ3n) is 4.69. The molecule has 2 amide bonds. The molecule has 28 heavy (non-hydrogen) atoms. The molecule has 0 fully saturated rings. The Hall–Kier alpha value is -2.83. The maximum absolute atomic E-state index is 12.3. The average Bonchev–Trinajstić information content (AvgIpc) is 3.00. The number of rotatable bonds is 5. The van der Waals surface area contributed by atoms with Crippen LogP contribution in [0, 0.1) is 0 Å². The Kier molecular flexibility index (Phi) is 6.02. The van der Waals surface area contributed by atoms with E-state index in [0.717, 1.165) is 16.5 Å². The van der Waals surface area contributed by atoms with Gasteiger partial charge < -0.3 is 20.1 Å². The van der Waals surface area contributed by atoms with Crippen molar-refractivity contribution < 1.29 is 9.59 Å². The summed E-state index contributed by atoms with van der Waals surface area (Å²) in [5.74, 6) is -1.45. The molecule has 1 unspecified atom stereocenters. The van der Waals surface area contributed by atoms with E-state index in [1.54, 1.807) is 24.3 Å². The molecule has 146 valence electrons. The van der Waals surface area contributed by atoms with Gasteiger partial charge in [0, 0.05) is 30.7 Å². The second kappa shape index (κ2) is 8.46. The van der Waals surface area contributed by atoms with Gasteiger partial charge in [-0.15, -0.1) is 0 Å². The van der Waals surface area contributed by atoms with E-state index in [2.05, 4.69) is 33.5 Å². The molecule has 3 rings (SSSR count). The third kappa shape index (κ3) is 4.18. The number of hydrogen-bond acceptors (Lipinski definition) is 3. The van der Waals surface area contributed by atoms with Crippen molar-refractivity contribution in [3.8, 4) is 0 Å². The Morgan fingerprint density at radius 3 is 2.46 bits per heavy atom. The monoisotopic (exact) mass is 398 g/mol. The van der Waals surface area contributed by atoms with E-state index in [0.29, 0.717) is 17.3 Å². The number of aromatic nitrogens is 1. The molecule has 2 aromatic carbocycles. The van der Waals surface area contributed by atoms with E-state index >= 15 is 0 Å². The number of hydrogen-bond donors (Lipinski definition) is 2. The normalized spacial score (nSPS) is 12.2. The van der Waals surface area contributed by atoms with Crippen LogP contribution in [-0.4, -0.2) is 41.9 Å². The first-order chi connectivity index (χ1) is 13.4. The number of para-hydroxylation sites is 2. The van der Waals surface area contributed by atoms with Gasteiger partial charge in [-0.3, -0.25) is 9.59 Å². The fraction of sp³-hybridized carbons (Fsp3) is 0.238. The first kappa shape index (κ1) is 19.9. The number of carbonyl (C=O) groups is 2. The number of likely N-dealkylation sites (N-methyl/N-ethyl adjacent to an activating group) is 1. The lowest BCUT2D eigenvalue weighted by molar-refractivity contribution is -0.136. The summed E-state index contributed by atoms with van der Waals surface area (Å²) in [4.78, 5) is 26.5. The molecule has 0 radical (unpaired) electrons. The average molecular weight is 399 g/mol. The smallest absolute Gasteiger partial charge is 0.313 e. The number of nitrogens with one attached hydrogen (secondary N) is 2. The summed E-state index contributed by atoms with van der Waals surface area (Å²) in [5.41, 5.74) is 2.62. The largest absolute Gasteiger partial charge is 0.350 e. The Balaban J connectivity index is 1.72. The molecular weight excluding hydrogens is 376 g/mol.